The normalized spacial score (nSPS) is 12.0. The minimum absolute atomic E-state index is 0.449. The molecule has 74 valence electrons. The Hall–Kier alpha value is -0.0800. The summed E-state index contributed by atoms with van der Waals surface area (Å²) in [4.78, 5) is 0. The summed E-state index contributed by atoms with van der Waals surface area (Å²) in [6, 6.07) is 0. The summed E-state index contributed by atoms with van der Waals surface area (Å²) in [5.41, 5.74) is 0.449. The summed E-state index contributed by atoms with van der Waals surface area (Å²) in [6.07, 6.45) is 3.62. The van der Waals surface area contributed by atoms with E-state index in [-0.39, 0.29) is 0 Å². The first-order valence-electron chi connectivity index (χ1n) is 4.88. The molecule has 0 aromatic heterocycles. The van der Waals surface area contributed by atoms with Crippen molar-refractivity contribution < 1.29 is 4.74 Å². The van der Waals surface area contributed by atoms with Crippen LogP contribution in [0.1, 0.15) is 33.1 Å². The molecule has 0 aromatic rings. The van der Waals surface area contributed by atoms with Crippen molar-refractivity contribution in [2.45, 2.75) is 33.1 Å². The van der Waals surface area contributed by atoms with Gasteiger partial charge in [-0.3, -0.25) is 0 Å². The SMILES string of the molecule is CCC(CC)(CCOC)CNC. The van der Waals surface area contributed by atoms with Gasteiger partial charge in [-0.1, -0.05) is 13.8 Å². The van der Waals surface area contributed by atoms with Crippen molar-refractivity contribution in [3.05, 3.63) is 0 Å². The molecule has 0 aromatic carbocycles. The third-order valence-corrected chi connectivity index (χ3v) is 2.89. The topological polar surface area (TPSA) is 21.3 Å². The molecule has 0 aliphatic heterocycles. The van der Waals surface area contributed by atoms with Gasteiger partial charge in [0.2, 0.25) is 0 Å². The van der Waals surface area contributed by atoms with Crippen molar-refractivity contribution in [3.8, 4) is 0 Å². The molecule has 0 radical (unpaired) electrons. The average Bonchev–Trinajstić information content (AvgIpc) is 2.13. The molecule has 2 nitrogen and oxygen atoms in total. The second-order valence-corrected chi connectivity index (χ2v) is 3.48. The van der Waals surface area contributed by atoms with E-state index in [1.54, 1.807) is 7.11 Å². The van der Waals surface area contributed by atoms with Crippen molar-refractivity contribution in [1.82, 2.24) is 5.32 Å². The Balaban J connectivity index is 3.95. The molecule has 2 heteroatoms. The molecule has 0 amide bonds. The Morgan fingerprint density at radius 2 is 1.83 bits per heavy atom. The van der Waals surface area contributed by atoms with Crippen LogP contribution in [-0.2, 0) is 4.74 Å². The van der Waals surface area contributed by atoms with Gasteiger partial charge in [0.25, 0.3) is 0 Å². The van der Waals surface area contributed by atoms with Gasteiger partial charge in [0.1, 0.15) is 0 Å². The largest absolute Gasteiger partial charge is 0.385 e. The van der Waals surface area contributed by atoms with E-state index in [4.69, 9.17) is 4.74 Å². The highest BCUT2D eigenvalue weighted by Gasteiger charge is 2.24. The molecule has 1 N–H and O–H groups in total. The third kappa shape index (κ3) is 3.55. The molecular formula is C10H23NO. The molecule has 0 aliphatic carbocycles. The van der Waals surface area contributed by atoms with Crippen LogP contribution in [-0.4, -0.2) is 27.3 Å². The minimum Gasteiger partial charge on any atom is -0.385 e. The van der Waals surface area contributed by atoms with Crippen molar-refractivity contribution in [3.63, 3.8) is 0 Å². The van der Waals surface area contributed by atoms with Crippen LogP contribution < -0.4 is 5.32 Å². The Bertz CT molecular complexity index is 100. The maximum Gasteiger partial charge on any atom is 0.0468 e. The predicted molar refractivity (Wildman–Crippen MR) is 53.4 cm³/mol. The van der Waals surface area contributed by atoms with Gasteiger partial charge in [-0.15, -0.1) is 0 Å². The minimum atomic E-state index is 0.449. The Morgan fingerprint density at radius 3 is 2.17 bits per heavy atom. The molecule has 0 saturated carbocycles. The molecule has 0 spiro atoms. The first-order valence-corrected chi connectivity index (χ1v) is 4.88. The highest BCUT2D eigenvalue weighted by molar-refractivity contribution is 4.78. The Labute approximate surface area is 76.7 Å². The van der Waals surface area contributed by atoms with E-state index in [2.05, 4.69) is 19.2 Å². The summed E-state index contributed by atoms with van der Waals surface area (Å²) < 4.78 is 5.12. The van der Waals surface area contributed by atoms with E-state index >= 15 is 0 Å². The second kappa shape index (κ2) is 6.44. The number of rotatable bonds is 7. The molecule has 0 fully saturated rings. The van der Waals surface area contributed by atoms with Gasteiger partial charge in [-0.05, 0) is 31.7 Å². The first-order chi connectivity index (χ1) is 5.74. The zero-order valence-electron chi connectivity index (χ0n) is 8.94. The highest BCUT2D eigenvalue weighted by Crippen LogP contribution is 2.29. The molecular weight excluding hydrogens is 150 g/mol. The van der Waals surface area contributed by atoms with Gasteiger partial charge < -0.3 is 10.1 Å². The predicted octanol–water partition coefficient (Wildman–Crippen LogP) is 2.05. The Kier molecular flexibility index (Phi) is 6.39. The number of nitrogens with one attached hydrogen (secondary N) is 1. The van der Waals surface area contributed by atoms with Crippen LogP contribution in [0.15, 0.2) is 0 Å². The van der Waals surface area contributed by atoms with E-state index in [9.17, 15) is 0 Å². The number of ether oxygens (including phenoxy) is 1. The summed E-state index contributed by atoms with van der Waals surface area (Å²) >= 11 is 0. The number of methoxy groups -OCH3 is 1. The number of hydrogen-bond acceptors (Lipinski definition) is 2. The van der Waals surface area contributed by atoms with Crippen LogP contribution in [0.3, 0.4) is 0 Å². The molecule has 0 atom stereocenters. The lowest BCUT2D eigenvalue weighted by molar-refractivity contribution is 0.127. The lowest BCUT2D eigenvalue weighted by Crippen LogP contribution is -2.32. The van der Waals surface area contributed by atoms with Crippen molar-refractivity contribution in [2.24, 2.45) is 5.41 Å². The van der Waals surface area contributed by atoms with E-state index < -0.39 is 0 Å². The quantitative estimate of drug-likeness (QED) is 0.636. The van der Waals surface area contributed by atoms with Crippen LogP contribution >= 0.6 is 0 Å². The highest BCUT2D eigenvalue weighted by atomic mass is 16.5. The zero-order chi connectivity index (χ0) is 9.45. The van der Waals surface area contributed by atoms with E-state index in [1.165, 1.54) is 12.8 Å². The maximum absolute atomic E-state index is 5.12. The molecule has 0 saturated heterocycles. The zero-order valence-corrected chi connectivity index (χ0v) is 8.94. The molecule has 0 heterocycles. The lowest BCUT2D eigenvalue weighted by Gasteiger charge is -2.31. The van der Waals surface area contributed by atoms with Crippen LogP contribution in [0, 0.1) is 5.41 Å². The average molecular weight is 173 g/mol. The number of hydrogen-bond donors (Lipinski definition) is 1. The van der Waals surface area contributed by atoms with Gasteiger partial charge in [0, 0.05) is 20.3 Å². The van der Waals surface area contributed by atoms with Gasteiger partial charge in [-0.2, -0.15) is 0 Å². The van der Waals surface area contributed by atoms with Gasteiger partial charge in [0.15, 0.2) is 0 Å². The van der Waals surface area contributed by atoms with Gasteiger partial charge in [0.05, 0.1) is 0 Å². The van der Waals surface area contributed by atoms with Gasteiger partial charge >= 0.3 is 0 Å². The monoisotopic (exact) mass is 173 g/mol. The lowest BCUT2D eigenvalue weighted by atomic mass is 9.79. The van der Waals surface area contributed by atoms with E-state index in [1.807, 2.05) is 7.05 Å². The van der Waals surface area contributed by atoms with Crippen LogP contribution in [0.5, 0.6) is 0 Å². The van der Waals surface area contributed by atoms with Gasteiger partial charge in [-0.25, -0.2) is 0 Å². The maximum atomic E-state index is 5.12. The first kappa shape index (κ1) is 11.9. The standard InChI is InChI=1S/C10H23NO/c1-5-10(6-2,9-11-3)7-8-12-4/h11H,5-9H2,1-4H3. The molecule has 0 bridgehead atoms. The molecule has 0 rings (SSSR count). The fourth-order valence-electron chi connectivity index (χ4n) is 1.64. The van der Waals surface area contributed by atoms with Crippen molar-refractivity contribution >= 4 is 0 Å². The third-order valence-electron chi connectivity index (χ3n) is 2.89. The van der Waals surface area contributed by atoms with Crippen LogP contribution in [0.2, 0.25) is 0 Å². The van der Waals surface area contributed by atoms with E-state index in [0.717, 1.165) is 19.6 Å². The molecule has 12 heavy (non-hydrogen) atoms. The fourth-order valence-corrected chi connectivity index (χ4v) is 1.64. The van der Waals surface area contributed by atoms with E-state index in [0.29, 0.717) is 5.41 Å². The Morgan fingerprint density at radius 1 is 1.25 bits per heavy atom. The second-order valence-electron chi connectivity index (χ2n) is 3.48. The fraction of sp³-hybridized carbons (Fsp3) is 1.00. The van der Waals surface area contributed by atoms with Crippen molar-refractivity contribution in [2.75, 3.05) is 27.3 Å². The summed E-state index contributed by atoms with van der Waals surface area (Å²) in [5, 5.41) is 3.26. The molecule has 0 aliphatic rings. The summed E-state index contributed by atoms with van der Waals surface area (Å²) in [5.74, 6) is 0. The summed E-state index contributed by atoms with van der Waals surface area (Å²) in [6.45, 7) is 6.50. The smallest absolute Gasteiger partial charge is 0.0468 e. The van der Waals surface area contributed by atoms with Crippen LogP contribution in [0.4, 0.5) is 0 Å². The van der Waals surface area contributed by atoms with Crippen molar-refractivity contribution in [1.29, 1.82) is 0 Å². The van der Waals surface area contributed by atoms with Crippen LogP contribution in [0.25, 0.3) is 0 Å². The molecule has 0 unspecified atom stereocenters. The summed E-state index contributed by atoms with van der Waals surface area (Å²) in [7, 11) is 3.79.